The third-order valence-electron chi connectivity index (χ3n) is 4.14. The number of alkyl halides is 3. The predicted octanol–water partition coefficient (Wildman–Crippen LogP) is 2.72. The first-order valence-corrected chi connectivity index (χ1v) is 6.72. The van der Waals surface area contributed by atoms with E-state index in [1.54, 1.807) is 6.92 Å². The molecule has 1 unspecified atom stereocenters. The molecule has 0 aromatic heterocycles. The smallest absolute Gasteiger partial charge is 0.391 e. The quantitative estimate of drug-likeness (QED) is 0.838. The number of carbonyl (C=O) groups excluding carboxylic acids is 1. The van der Waals surface area contributed by atoms with E-state index in [2.05, 4.69) is 5.32 Å². The minimum absolute atomic E-state index is 0.0719. The fraction of sp³-hybridized carbons (Fsp3) is 0.846. The highest BCUT2D eigenvalue weighted by atomic mass is 19.4. The Morgan fingerprint density at radius 1 is 1.20 bits per heavy atom. The molecule has 0 saturated heterocycles. The molecule has 116 valence electrons. The summed E-state index contributed by atoms with van der Waals surface area (Å²) in [5, 5.41) is 11.5. The van der Waals surface area contributed by atoms with Gasteiger partial charge >= 0.3 is 12.1 Å². The van der Waals surface area contributed by atoms with Gasteiger partial charge in [0.25, 0.3) is 0 Å². The highest BCUT2D eigenvalue weighted by Crippen LogP contribution is 2.39. The van der Waals surface area contributed by atoms with Crippen LogP contribution in [0.1, 0.15) is 46.0 Å². The number of nitrogens with one attached hydrogen (secondary N) is 1. The molecular weight excluding hydrogens is 275 g/mol. The van der Waals surface area contributed by atoms with Gasteiger partial charge in [0.2, 0.25) is 5.91 Å². The van der Waals surface area contributed by atoms with Gasteiger partial charge in [0, 0.05) is 5.92 Å². The first-order chi connectivity index (χ1) is 9.10. The molecule has 1 rings (SSSR count). The maximum atomic E-state index is 12.5. The highest BCUT2D eigenvalue weighted by molar-refractivity contribution is 5.87. The Balaban J connectivity index is 2.57. The molecule has 0 aliphatic heterocycles. The molecule has 1 fully saturated rings. The second-order valence-electron chi connectivity index (χ2n) is 5.57. The Hall–Kier alpha value is -1.27. The lowest BCUT2D eigenvalue weighted by molar-refractivity contribution is -0.184. The van der Waals surface area contributed by atoms with Gasteiger partial charge in [-0.15, -0.1) is 0 Å². The SMILES string of the molecule is CCC(C)(NC(=O)C1CCC(C(F)(F)F)CC1)C(=O)O. The Kier molecular flexibility index (Phi) is 5.05. The van der Waals surface area contributed by atoms with Crippen molar-refractivity contribution in [3.63, 3.8) is 0 Å². The monoisotopic (exact) mass is 295 g/mol. The zero-order valence-corrected chi connectivity index (χ0v) is 11.6. The number of aliphatic carboxylic acids is 1. The van der Waals surface area contributed by atoms with Crippen LogP contribution in [0.2, 0.25) is 0 Å². The van der Waals surface area contributed by atoms with Gasteiger partial charge in [0.1, 0.15) is 5.54 Å². The van der Waals surface area contributed by atoms with Crippen LogP contribution in [0.15, 0.2) is 0 Å². The van der Waals surface area contributed by atoms with E-state index in [-0.39, 0.29) is 32.1 Å². The molecule has 0 aromatic carbocycles. The van der Waals surface area contributed by atoms with Gasteiger partial charge in [0.05, 0.1) is 5.92 Å². The van der Waals surface area contributed by atoms with Gasteiger partial charge in [-0.2, -0.15) is 13.2 Å². The normalized spacial score (nSPS) is 26.6. The highest BCUT2D eigenvalue weighted by Gasteiger charge is 2.43. The van der Waals surface area contributed by atoms with Crippen LogP contribution in [0.4, 0.5) is 13.2 Å². The van der Waals surface area contributed by atoms with E-state index < -0.39 is 35.4 Å². The fourth-order valence-electron chi connectivity index (χ4n) is 2.35. The molecule has 0 spiro atoms. The van der Waals surface area contributed by atoms with E-state index in [1.165, 1.54) is 6.92 Å². The lowest BCUT2D eigenvalue weighted by Crippen LogP contribution is -2.53. The van der Waals surface area contributed by atoms with Crippen LogP contribution >= 0.6 is 0 Å². The van der Waals surface area contributed by atoms with Crippen molar-refractivity contribution in [1.29, 1.82) is 0 Å². The number of amides is 1. The van der Waals surface area contributed by atoms with Crippen molar-refractivity contribution >= 4 is 11.9 Å². The minimum Gasteiger partial charge on any atom is -0.480 e. The molecule has 2 N–H and O–H groups in total. The fourth-order valence-corrected chi connectivity index (χ4v) is 2.35. The Morgan fingerprint density at radius 2 is 1.70 bits per heavy atom. The van der Waals surface area contributed by atoms with Crippen LogP contribution in [-0.2, 0) is 9.59 Å². The topological polar surface area (TPSA) is 66.4 Å². The molecule has 1 aliphatic carbocycles. The lowest BCUT2D eigenvalue weighted by Gasteiger charge is -2.32. The van der Waals surface area contributed by atoms with Crippen molar-refractivity contribution in [2.24, 2.45) is 11.8 Å². The van der Waals surface area contributed by atoms with Gasteiger partial charge in [-0.05, 0) is 39.0 Å². The molecule has 1 amide bonds. The Labute approximate surface area is 115 Å². The number of carboxylic acid groups (broad SMARTS) is 1. The van der Waals surface area contributed by atoms with Crippen molar-refractivity contribution in [1.82, 2.24) is 5.32 Å². The summed E-state index contributed by atoms with van der Waals surface area (Å²) < 4.78 is 37.6. The van der Waals surface area contributed by atoms with E-state index >= 15 is 0 Å². The molecule has 1 saturated carbocycles. The van der Waals surface area contributed by atoms with E-state index in [0.29, 0.717) is 0 Å². The summed E-state index contributed by atoms with van der Waals surface area (Å²) in [7, 11) is 0. The second-order valence-corrected chi connectivity index (χ2v) is 5.57. The number of halogens is 3. The average Bonchev–Trinajstić information content (AvgIpc) is 2.37. The molecular formula is C13H20F3NO3. The Morgan fingerprint density at radius 3 is 2.05 bits per heavy atom. The van der Waals surface area contributed by atoms with Crippen molar-refractivity contribution < 1.29 is 27.9 Å². The molecule has 1 atom stereocenters. The standard InChI is InChI=1S/C13H20F3NO3/c1-3-12(2,11(19)20)17-10(18)8-4-6-9(7-5-8)13(14,15)16/h8-9H,3-7H2,1-2H3,(H,17,18)(H,19,20). The number of carbonyl (C=O) groups is 2. The van der Waals surface area contributed by atoms with Crippen LogP contribution in [0.25, 0.3) is 0 Å². The maximum absolute atomic E-state index is 12.5. The van der Waals surface area contributed by atoms with Crippen LogP contribution in [0, 0.1) is 11.8 Å². The van der Waals surface area contributed by atoms with Crippen molar-refractivity contribution in [3.05, 3.63) is 0 Å². The first kappa shape index (κ1) is 16.8. The third-order valence-corrected chi connectivity index (χ3v) is 4.14. The van der Waals surface area contributed by atoms with E-state index in [9.17, 15) is 22.8 Å². The zero-order valence-electron chi connectivity index (χ0n) is 11.6. The molecule has 1 aliphatic rings. The first-order valence-electron chi connectivity index (χ1n) is 6.72. The number of hydrogen-bond acceptors (Lipinski definition) is 2. The van der Waals surface area contributed by atoms with Crippen molar-refractivity contribution in [2.75, 3.05) is 0 Å². The van der Waals surface area contributed by atoms with Crippen LogP contribution in [-0.4, -0.2) is 28.7 Å². The van der Waals surface area contributed by atoms with Gasteiger partial charge < -0.3 is 10.4 Å². The summed E-state index contributed by atoms with van der Waals surface area (Å²) in [6.45, 7) is 3.03. The average molecular weight is 295 g/mol. The van der Waals surface area contributed by atoms with E-state index in [4.69, 9.17) is 5.11 Å². The summed E-state index contributed by atoms with van der Waals surface area (Å²) in [6, 6.07) is 0. The molecule has 0 heterocycles. The summed E-state index contributed by atoms with van der Waals surface area (Å²) in [4.78, 5) is 23.1. The summed E-state index contributed by atoms with van der Waals surface area (Å²) in [5.41, 5.74) is -1.36. The number of hydrogen-bond donors (Lipinski definition) is 2. The van der Waals surface area contributed by atoms with Crippen LogP contribution < -0.4 is 5.32 Å². The zero-order chi connectivity index (χ0) is 15.6. The maximum Gasteiger partial charge on any atom is 0.391 e. The lowest BCUT2D eigenvalue weighted by atomic mass is 9.81. The van der Waals surface area contributed by atoms with Crippen molar-refractivity contribution in [2.45, 2.75) is 57.7 Å². The summed E-state index contributed by atoms with van der Waals surface area (Å²) in [5.74, 6) is -3.47. The van der Waals surface area contributed by atoms with Crippen LogP contribution in [0.5, 0.6) is 0 Å². The third kappa shape index (κ3) is 3.86. The molecule has 7 heteroatoms. The van der Waals surface area contributed by atoms with Crippen LogP contribution in [0.3, 0.4) is 0 Å². The number of carboxylic acids is 1. The predicted molar refractivity (Wildman–Crippen MR) is 66.0 cm³/mol. The molecule has 4 nitrogen and oxygen atoms in total. The minimum atomic E-state index is -4.21. The summed E-state index contributed by atoms with van der Waals surface area (Å²) in [6.07, 6.45) is -3.84. The number of rotatable bonds is 4. The Bertz CT molecular complexity index is 376. The molecule has 20 heavy (non-hydrogen) atoms. The van der Waals surface area contributed by atoms with Crippen molar-refractivity contribution in [3.8, 4) is 0 Å². The van der Waals surface area contributed by atoms with Gasteiger partial charge in [-0.1, -0.05) is 6.92 Å². The van der Waals surface area contributed by atoms with E-state index in [0.717, 1.165) is 0 Å². The second kappa shape index (κ2) is 6.01. The molecule has 0 radical (unpaired) electrons. The molecule has 0 aromatic rings. The van der Waals surface area contributed by atoms with Gasteiger partial charge in [-0.25, -0.2) is 4.79 Å². The van der Waals surface area contributed by atoms with E-state index in [1.807, 2.05) is 0 Å². The molecule has 0 bridgehead atoms. The largest absolute Gasteiger partial charge is 0.480 e. The van der Waals surface area contributed by atoms with Gasteiger partial charge in [-0.3, -0.25) is 4.79 Å². The van der Waals surface area contributed by atoms with Gasteiger partial charge in [0.15, 0.2) is 0 Å². The summed E-state index contributed by atoms with van der Waals surface area (Å²) >= 11 is 0.